The van der Waals surface area contributed by atoms with Crippen LogP contribution in [0.15, 0.2) is 6.20 Å². The van der Waals surface area contributed by atoms with E-state index < -0.39 is 24.8 Å². The van der Waals surface area contributed by atoms with Crippen LogP contribution in [0.4, 0.5) is 8.78 Å². The Bertz CT molecular complexity index is 393. The molecule has 1 amide bonds. The maximum Gasteiger partial charge on any atom is 0.358 e. The summed E-state index contributed by atoms with van der Waals surface area (Å²) in [6, 6.07) is 0. The smallest absolute Gasteiger partial charge is 0.358 e. The first-order valence-electron chi connectivity index (χ1n) is 4.17. The number of hydrogen-bond donors (Lipinski definition) is 2. The van der Waals surface area contributed by atoms with Gasteiger partial charge in [0.15, 0.2) is 5.69 Å². The Balaban J connectivity index is 2.46. The molecule has 88 valence electrons. The van der Waals surface area contributed by atoms with E-state index in [0.717, 1.165) is 10.9 Å². The van der Waals surface area contributed by atoms with Crippen molar-refractivity contribution >= 4 is 11.9 Å². The molecular weight excluding hydrogens is 226 g/mol. The first-order chi connectivity index (χ1) is 7.49. The third-order valence-corrected chi connectivity index (χ3v) is 1.52. The predicted molar refractivity (Wildman–Crippen MR) is 46.0 cm³/mol. The summed E-state index contributed by atoms with van der Waals surface area (Å²) in [6.45, 7) is -1.10. The zero-order chi connectivity index (χ0) is 12.1. The summed E-state index contributed by atoms with van der Waals surface area (Å²) in [7, 11) is 0. The largest absolute Gasteiger partial charge is 0.476 e. The second kappa shape index (κ2) is 5.14. The number of nitrogens with one attached hydrogen (secondary N) is 1. The third-order valence-electron chi connectivity index (χ3n) is 1.52. The van der Waals surface area contributed by atoms with Crippen molar-refractivity contribution in [3.8, 4) is 0 Å². The summed E-state index contributed by atoms with van der Waals surface area (Å²) in [6.07, 6.45) is -1.60. The van der Waals surface area contributed by atoms with Crippen molar-refractivity contribution in [1.82, 2.24) is 20.3 Å². The summed E-state index contributed by atoms with van der Waals surface area (Å²) in [4.78, 5) is 21.4. The van der Waals surface area contributed by atoms with E-state index in [2.05, 4.69) is 10.3 Å². The highest BCUT2D eigenvalue weighted by Gasteiger charge is 2.11. The third kappa shape index (κ3) is 3.59. The number of carbonyl (C=O) groups is 2. The highest BCUT2D eigenvalue weighted by Crippen LogP contribution is 1.93. The molecule has 1 aromatic rings. The minimum atomic E-state index is -2.63. The summed E-state index contributed by atoms with van der Waals surface area (Å²) >= 11 is 0. The van der Waals surface area contributed by atoms with Gasteiger partial charge in [0, 0.05) is 0 Å². The van der Waals surface area contributed by atoms with Gasteiger partial charge in [-0.1, -0.05) is 5.21 Å². The lowest BCUT2D eigenvalue weighted by Crippen LogP contribution is -2.31. The van der Waals surface area contributed by atoms with Gasteiger partial charge in [0.25, 0.3) is 6.43 Å². The van der Waals surface area contributed by atoms with E-state index >= 15 is 0 Å². The molecule has 0 aliphatic rings. The molecule has 0 saturated carbocycles. The van der Waals surface area contributed by atoms with Gasteiger partial charge in [-0.05, 0) is 0 Å². The Morgan fingerprint density at radius 2 is 2.25 bits per heavy atom. The van der Waals surface area contributed by atoms with Crippen LogP contribution in [-0.2, 0) is 11.3 Å². The van der Waals surface area contributed by atoms with Crippen molar-refractivity contribution in [2.24, 2.45) is 0 Å². The number of halogens is 2. The lowest BCUT2D eigenvalue weighted by atomic mass is 10.5. The van der Waals surface area contributed by atoms with E-state index in [0.29, 0.717) is 0 Å². The van der Waals surface area contributed by atoms with E-state index in [4.69, 9.17) is 5.11 Å². The van der Waals surface area contributed by atoms with E-state index in [1.165, 1.54) is 0 Å². The molecule has 0 spiro atoms. The molecule has 2 N–H and O–H groups in total. The van der Waals surface area contributed by atoms with E-state index in [9.17, 15) is 18.4 Å². The molecule has 7 nitrogen and oxygen atoms in total. The number of aromatic nitrogens is 3. The molecule has 0 fully saturated rings. The number of carboxylic acids is 1. The molecular formula is C7H8F2N4O3. The number of rotatable bonds is 5. The number of alkyl halides is 2. The van der Waals surface area contributed by atoms with Gasteiger partial charge in [0.05, 0.1) is 12.7 Å². The summed E-state index contributed by atoms with van der Waals surface area (Å²) < 4.78 is 24.4. The number of nitrogens with zero attached hydrogens (tertiary/aromatic N) is 3. The second-order valence-electron chi connectivity index (χ2n) is 2.80. The average molecular weight is 234 g/mol. The minimum Gasteiger partial charge on any atom is -0.476 e. The van der Waals surface area contributed by atoms with Gasteiger partial charge in [-0.2, -0.15) is 0 Å². The Kier molecular flexibility index (Phi) is 3.86. The summed E-state index contributed by atoms with van der Waals surface area (Å²) in [5, 5.41) is 17.0. The molecule has 0 atom stereocenters. The fourth-order valence-electron chi connectivity index (χ4n) is 0.868. The molecule has 9 heteroatoms. The van der Waals surface area contributed by atoms with Gasteiger partial charge in [0.1, 0.15) is 6.54 Å². The van der Waals surface area contributed by atoms with Crippen LogP contribution in [0.1, 0.15) is 10.5 Å². The zero-order valence-electron chi connectivity index (χ0n) is 7.93. The number of carbonyl (C=O) groups excluding carboxylic acids is 1. The quantitative estimate of drug-likeness (QED) is 0.706. The van der Waals surface area contributed by atoms with Crippen molar-refractivity contribution < 1.29 is 23.5 Å². The lowest BCUT2D eigenvalue weighted by Gasteiger charge is -2.03. The Morgan fingerprint density at radius 3 is 2.75 bits per heavy atom. The van der Waals surface area contributed by atoms with Gasteiger partial charge < -0.3 is 10.4 Å². The fourth-order valence-corrected chi connectivity index (χ4v) is 0.868. The maximum atomic E-state index is 11.7. The summed E-state index contributed by atoms with van der Waals surface area (Å²) in [5.74, 6) is -1.97. The molecule has 0 aromatic carbocycles. The lowest BCUT2D eigenvalue weighted by molar-refractivity contribution is -0.122. The van der Waals surface area contributed by atoms with Gasteiger partial charge >= 0.3 is 5.97 Å². The van der Waals surface area contributed by atoms with Crippen LogP contribution in [0.3, 0.4) is 0 Å². The van der Waals surface area contributed by atoms with Gasteiger partial charge in [-0.25, -0.2) is 18.3 Å². The van der Waals surface area contributed by atoms with Crippen LogP contribution in [-0.4, -0.2) is 44.9 Å². The topological polar surface area (TPSA) is 97.1 Å². The molecule has 1 aromatic heterocycles. The molecule has 0 unspecified atom stereocenters. The first kappa shape index (κ1) is 12.0. The van der Waals surface area contributed by atoms with Crippen molar-refractivity contribution in [3.63, 3.8) is 0 Å². The molecule has 0 aliphatic heterocycles. The fraction of sp³-hybridized carbons (Fsp3) is 0.429. The first-order valence-corrected chi connectivity index (χ1v) is 4.17. The maximum absolute atomic E-state index is 11.7. The standard InChI is InChI=1S/C7H8F2N4O3/c8-5(9)1-10-6(14)3-13-2-4(7(15)16)11-12-13/h2,5H,1,3H2,(H,10,14)(H,15,16). The van der Waals surface area contributed by atoms with Crippen molar-refractivity contribution in [2.75, 3.05) is 6.54 Å². The molecule has 0 bridgehead atoms. The minimum absolute atomic E-state index is 0.318. The van der Waals surface area contributed by atoms with Crippen LogP contribution in [0, 0.1) is 0 Å². The van der Waals surface area contributed by atoms with E-state index in [1.807, 2.05) is 5.32 Å². The Hall–Kier alpha value is -2.06. The van der Waals surface area contributed by atoms with Crippen LogP contribution >= 0.6 is 0 Å². The Morgan fingerprint density at radius 1 is 1.56 bits per heavy atom. The number of carboxylic acid groups (broad SMARTS) is 1. The van der Waals surface area contributed by atoms with Crippen LogP contribution in [0.5, 0.6) is 0 Å². The van der Waals surface area contributed by atoms with Crippen molar-refractivity contribution in [1.29, 1.82) is 0 Å². The average Bonchev–Trinajstić information content (AvgIpc) is 2.63. The predicted octanol–water partition coefficient (Wildman–Crippen LogP) is -0.642. The van der Waals surface area contributed by atoms with Crippen LogP contribution < -0.4 is 5.32 Å². The molecule has 1 rings (SSSR count). The number of amides is 1. The highest BCUT2D eigenvalue weighted by atomic mass is 19.3. The molecule has 1 heterocycles. The Labute approximate surface area is 88.0 Å². The SMILES string of the molecule is O=C(Cn1cc(C(=O)O)nn1)NCC(F)F. The van der Waals surface area contributed by atoms with Gasteiger partial charge in [-0.3, -0.25) is 4.79 Å². The normalized spacial score (nSPS) is 10.4. The van der Waals surface area contributed by atoms with Gasteiger partial charge in [0.2, 0.25) is 5.91 Å². The van der Waals surface area contributed by atoms with E-state index in [1.54, 1.807) is 0 Å². The van der Waals surface area contributed by atoms with Crippen LogP contribution in [0.25, 0.3) is 0 Å². The summed E-state index contributed by atoms with van der Waals surface area (Å²) in [5.41, 5.74) is -0.318. The van der Waals surface area contributed by atoms with Gasteiger partial charge in [-0.15, -0.1) is 5.10 Å². The van der Waals surface area contributed by atoms with E-state index in [-0.39, 0.29) is 12.2 Å². The molecule has 0 aliphatic carbocycles. The highest BCUT2D eigenvalue weighted by molar-refractivity contribution is 5.84. The van der Waals surface area contributed by atoms with Crippen molar-refractivity contribution in [2.45, 2.75) is 13.0 Å². The monoisotopic (exact) mass is 234 g/mol. The second-order valence-corrected chi connectivity index (χ2v) is 2.80. The molecule has 16 heavy (non-hydrogen) atoms. The van der Waals surface area contributed by atoms with Crippen LogP contribution in [0.2, 0.25) is 0 Å². The molecule has 0 saturated heterocycles. The zero-order valence-corrected chi connectivity index (χ0v) is 7.93. The number of aromatic carboxylic acids is 1. The molecule has 0 radical (unpaired) electrons. The number of hydrogen-bond acceptors (Lipinski definition) is 4. The van der Waals surface area contributed by atoms with Crippen molar-refractivity contribution in [3.05, 3.63) is 11.9 Å².